The van der Waals surface area contributed by atoms with Crippen LogP contribution in [0.15, 0.2) is 0 Å². The summed E-state index contributed by atoms with van der Waals surface area (Å²) in [5.41, 5.74) is 5.88. The molecule has 1 atom stereocenters. The Hall–Kier alpha value is -0.320. The summed E-state index contributed by atoms with van der Waals surface area (Å²) in [5, 5.41) is 0. The first-order chi connectivity index (χ1) is 7.46. The number of hydrogen-bond acceptors (Lipinski definition) is 3. The normalized spacial score (nSPS) is 26.4. The molecule has 1 amide bonds. The lowest BCUT2D eigenvalue weighted by molar-refractivity contribution is -0.129. The maximum atomic E-state index is 11.6. The highest BCUT2D eigenvalue weighted by molar-refractivity contribution is 5.85. The third kappa shape index (κ3) is 3.83. The smallest absolute Gasteiger partial charge is 0.222 e. The van der Waals surface area contributed by atoms with Crippen molar-refractivity contribution in [2.45, 2.75) is 44.7 Å². The molecular formula is C12H24ClN3O. The fourth-order valence-corrected chi connectivity index (χ4v) is 2.84. The molecule has 2 heterocycles. The number of nitrogens with zero attached hydrogens (tertiary/aromatic N) is 2. The van der Waals surface area contributed by atoms with Crippen LogP contribution in [0.4, 0.5) is 0 Å². The Bertz CT molecular complexity index is 277. The van der Waals surface area contributed by atoms with Crippen molar-refractivity contribution in [3.63, 3.8) is 0 Å². The van der Waals surface area contributed by atoms with Crippen molar-refractivity contribution in [1.29, 1.82) is 0 Å². The van der Waals surface area contributed by atoms with Crippen LogP contribution in [-0.2, 0) is 4.79 Å². The fraction of sp³-hybridized carbons (Fsp3) is 0.917. The quantitative estimate of drug-likeness (QED) is 0.819. The van der Waals surface area contributed by atoms with Crippen molar-refractivity contribution in [1.82, 2.24) is 9.80 Å². The minimum absolute atomic E-state index is 0. The molecule has 0 aromatic carbocycles. The summed E-state index contributed by atoms with van der Waals surface area (Å²) in [6, 6.07) is 0.442. The van der Waals surface area contributed by atoms with E-state index in [4.69, 9.17) is 5.73 Å². The summed E-state index contributed by atoms with van der Waals surface area (Å²) in [7, 11) is 0. The Morgan fingerprint density at radius 3 is 2.65 bits per heavy atom. The van der Waals surface area contributed by atoms with Crippen LogP contribution >= 0.6 is 12.4 Å². The Labute approximate surface area is 110 Å². The number of carbonyl (C=O) groups excluding carboxylic acids is 1. The largest absolute Gasteiger partial charge is 0.338 e. The number of nitrogens with two attached hydrogens (primary N) is 1. The van der Waals surface area contributed by atoms with Crippen LogP contribution in [0.25, 0.3) is 0 Å². The first kappa shape index (κ1) is 14.7. The summed E-state index contributed by atoms with van der Waals surface area (Å²) in [4.78, 5) is 16.1. The molecule has 2 N–H and O–H groups in total. The second-order valence-corrected chi connectivity index (χ2v) is 5.86. The molecule has 2 aliphatic heterocycles. The molecule has 5 heteroatoms. The van der Waals surface area contributed by atoms with Gasteiger partial charge in [-0.2, -0.15) is 0 Å². The van der Waals surface area contributed by atoms with E-state index in [2.05, 4.69) is 23.6 Å². The minimum Gasteiger partial charge on any atom is -0.338 e. The Morgan fingerprint density at radius 1 is 1.41 bits per heavy atom. The lowest BCUT2D eigenvalue weighted by atomic mass is 10.1. The molecule has 2 saturated heterocycles. The van der Waals surface area contributed by atoms with Crippen LogP contribution in [0.1, 0.15) is 33.1 Å². The number of likely N-dealkylation sites (tertiary alicyclic amines) is 2. The molecule has 0 aromatic heterocycles. The zero-order chi connectivity index (χ0) is 11.8. The van der Waals surface area contributed by atoms with Crippen molar-refractivity contribution in [2.75, 3.05) is 26.2 Å². The maximum Gasteiger partial charge on any atom is 0.222 e. The summed E-state index contributed by atoms with van der Waals surface area (Å²) in [6.45, 7) is 8.08. The number of amides is 1. The third-order valence-corrected chi connectivity index (χ3v) is 3.43. The summed E-state index contributed by atoms with van der Waals surface area (Å²) < 4.78 is 0. The van der Waals surface area contributed by atoms with Crippen LogP contribution in [-0.4, -0.2) is 53.5 Å². The SMILES string of the molecule is CC(C)(N)CN1CCC(N2CCCC2=O)C1.Cl. The predicted molar refractivity (Wildman–Crippen MR) is 71.3 cm³/mol. The lowest BCUT2D eigenvalue weighted by Gasteiger charge is -2.28. The van der Waals surface area contributed by atoms with Gasteiger partial charge < -0.3 is 10.6 Å². The van der Waals surface area contributed by atoms with Crippen LogP contribution in [0.5, 0.6) is 0 Å². The molecule has 2 rings (SSSR count). The van der Waals surface area contributed by atoms with Crippen LogP contribution in [0.3, 0.4) is 0 Å². The number of carbonyl (C=O) groups is 1. The molecule has 0 aliphatic carbocycles. The average Bonchev–Trinajstić information content (AvgIpc) is 2.71. The lowest BCUT2D eigenvalue weighted by Crippen LogP contribution is -2.46. The molecular weight excluding hydrogens is 238 g/mol. The van der Waals surface area contributed by atoms with E-state index < -0.39 is 0 Å². The highest BCUT2D eigenvalue weighted by Gasteiger charge is 2.34. The van der Waals surface area contributed by atoms with E-state index in [0.717, 1.165) is 45.4 Å². The predicted octanol–water partition coefficient (Wildman–Crippen LogP) is 0.842. The molecule has 100 valence electrons. The van der Waals surface area contributed by atoms with Gasteiger partial charge in [0.25, 0.3) is 0 Å². The Morgan fingerprint density at radius 2 is 2.12 bits per heavy atom. The zero-order valence-corrected chi connectivity index (χ0v) is 11.6. The third-order valence-electron chi connectivity index (χ3n) is 3.43. The van der Waals surface area contributed by atoms with Gasteiger partial charge in [0.05, 0.1) is 0 Å². The molecule has 17 heavy (non-hydrogen) atoms. The van der Waals surface area contributed by atoms with Gasteiger partial charge >= 0.3 is 0 Å². The molecule has 2 aliphatic rings. The molecule has 0 bridgehead atoms. The van der Waals surface area contributed by atoms with E-state index in [9.17, 15) is 4.79 Å². The maximum absolute atomic E-state index is 11.6. The standard InChI is InChI=1S/C12H23N3O.ClH/c1-12(2,13)9-14-7-5-10(8-14)15-6-3-4-11(15)16;/h10H,3-9,13H2,1-2H3;1H. The van der Waals surface area contributed by atoms with Crippen molar-refractivity contribution in [3.05, 3.63) is 0 Å². The molecule has 0 saturated carbocycles. The van der Waals surface area contributed by atoms with E-state index in [1.807, 2.05) is 0 Å². The Kier molecular flexibility index (Phi) is 4.81. The molecule has 4 nitrogen and oxygen atoms in total. The van der Waals surface area contributed by atoms with Gasteiger partial charge in [-0.15, -0.1) is 12.4 Å². The van der Waals surface area contributed by atoms with E-state index >= 15 is 0 Å². The van der Waals surface area contributed by atoms with Gasteiger partial charge in [0.2, 0.25) is 5.91 Å². The summed E-state index contributed by atoms with van der Waals surface area (Å²) >= 11 is 0. The van der Waals surface area contributed by atoms with Gasteiger partial charge in [-0.3, -0.25) is 9.69 Å². The molecule has 0 aromatic rings. The number of halogens is 1. The molecule has 2 fully saturated rings. The van der Waals surface area contributed by atoms with Gasteiger partial charge in [-0.05, 0) is 26.7 Å². The molecule has 1 unspecified atom stereocenters. The fourth-order valence-electron chi connectivity index (χ4n) is 2.84. The first-order valence-corrected chi connectivity index (χ1v) is 6.26. The monoisotopic (exact) mass is 261 g/mol. The average molecular weight is 262 g/mol. The highest BCUT2D eigenvalue weighted by atomic mass is 35.5. The zero-order valence-electron chi connectivity index (χ0n) is 10.8. The second-order valence-electron chi connectivity index (χ2n) is 5.86. The number of hydrogen-bond donors (Lipinski definition) is 1. The highest BCUT2D eigenvalue weighted by Crippen LogP contribution is 2.22. The van der Waals surface area contributed by atoms with Crippen molar-refractivity contribution in [3.8, 4) is 0 Å². The minimum atomic E-state index is -0.135. The van der Waals surface area contributed by atoms with Gasteiger partial charge in [-0.25, -0.2) is 0 Å². The van der Waals surface area contributed by atoms with Gasteiger partial charge in [0, 0.05) is 44.2 Å². The van der Waals surface area contributed by atoms with Crippen molar-refractivity contribution < 1.29 is 4.79 Å². The van der Waals surface area contributed by atoms with Crippen LogP contribution in [0.2, 0.25) is 0 Å². The van der Waals surface area contributed by atoms with Crippen LogP contribution in [0, 0.1) is 0 Å². The van der Waals surface area contributed by atoms with Crippen molar-refractivity contribution >= 4 is 18.3 Å². The van der Waals surface area contributed by atoms with E-state index in [1.165, 1.54) is 0 Å². The van der Waals surface area contributed by atoms with Crippen LogP contribution < -0.4 is 5.73 Å². The van der Waals surface area contributed by atoms with E-state index in [1.54, 1.807) is 0 Å². The van der Waals surface area contributed by atoms with Gasteiger partial charge in [-0.1, -0.05) is 0 Å². The summed E-state index contributed by atoms with van der Waals surface area (Å²) in [6.07, 6.45) is 2.90. The molecule has 0 radical (unpaired) electrons. The van der Waals surface area contributed by atoms with Crippen molar-refractivity contribution in [2.24, 2.45) is 5.73 Å². The van der Waals surface area contributed by atoms with E-state index in [-0.39, 0.29) is 17.9 Å². The topological polar surface area (TPSA) is 49.6 Å². The Balaban J connectivity index is 0.00000144. The first-order valence-electron chi connectivity index (χ1n) is 6.26. The second kappa shape index (κ2) is 5.55. The van der Waals surface area contributed by atoms with Gasteiger partial charge in [0.15, 0.2) is 0 Å². The molecule has 0 spiro atoms. The number of rotatable bonds is 3. The van der Waals surface area contributed by atoms with Gasteiger partial charge in [0.1, 0.15) is 0 Å². The van der Waals surface area contributed by atoms with E-state index in [0.29, 0.717) is 11.9 Å². The summed E-state index contributed by atoms with van der Waals surface area (Å²) in [5.74, 6) is 0.346.